The fourth-order valence-corrected chi connectivity index (χ4v) is 3.71. The van der Waals surface area contributed by atoms with Crippen LogP contribution in [0.2, 0.25) is 0 Å². The van der Waals surface area contributed by atoms with Crippen molar-refractivity contribution in [2.45, 2.75) is 17.6 Å². The largest absolute Gasteiger partial charge is 0.462 e. The molecule has 0 amide bonds. The molecule has 0 atom stereocenters. The Morgan fingerprint density at radius 1 is 1.08 bits per heavy atom. The van der Waals surface area contributed by atoms with Crippen LogP contribution in [0.3, 0.4) is 0 Å². The lowest BCUT2D eigenvalue weighted by Crippen LogP contribution is -2.08. The minimum atomic E-state index is -0.243. The fraction of sp³-hybridized carbons (Fsp3) is 0.211. The van der Waals surface area contributed by atoms with Crippen LogP contribution in [0.25, 0.3) is 10.9 Å². The number of nitrogens with zero attached hydrogens (tertiary/aromatic N) is 1. The van der Waals surface area contributed by atoms with Crippen LogP contribution in [-0.2, 0) is 17.5 Å². The molecule has 0 saturated heterocycles. The molecule has 1 aromatic heterocycles. The van der Waals surface area contributed by atoms with Gasteiger partial charge >= 0.3 is 5.97 Å². The summed E-state index contributed by atoms with van der Waals surface area (Å²) in [5, 5.41) is 0.956. The van der Waals surface area contributed by atoms with Gasteiger partial charge in [0.05, 0.1) is 12.2 Å². The van der Waals surface area contributed by atoms with E-state index in [1.807, 2.05) is 56.4 Å². The quantitative estimate of drug-likeness (QED) is 0.492. The smallest absolute Gasteiger partial charge is 0.340 e. The highest BCUT2D eigenvalue weighted by Gasteiger charge is 2.21. The van der Waals surface area contributed by atoms with Gasteiger partial charge in [0.15, 0.2) is 0 Å². The number of carbonyl (C=O) groups excluding carboxylic acids is 1. The minimum Gasteiger partial charge on any atom is -0.462 e. The highest BCUT2D eigenvalue weighted by molar-refractivity contribution is 7.98. The fourth-order valence-electron chi connectivity index (χ4n) is 2.71. The summed E-state index contributed by atoms with van der Waals surface area (Å²) in [5.41, 5.74) is 2.74. The molecular formula is C19H22ClNO3S. The monoisotopic (exact) mass is 379 g/mol. The second kappa shape index (κ2) is 9.51. The number of aromatic nitrogens is 1. The molecule has 1 heterocycles. The first-order valence-corrected chi connectivity index (χ1v) is 8.62. The number of para-hydroxylation sites is 1. The molecule has 6 heteroatoms. The third kappa shape index (κ3) is 4.37. The summed E-state index contributed by atoms with van der Waals surface area (Å²) >= 11 is 1.72. The molecule has 0 aliphatic rings. The lowest BCUT2D eigenvalue weighted by Gasteiger charge is -2.08. The molecule has 0 aliphatic carbocycles. The normalized spacial score (nSPS) is 10.0. The lowest BCUT2D eigenvalue weighted by atomic mass is 10.1. The third-order valence-electron chi connectivity index (χ3n) is 3.83. The number of carbonyl (C=O) groups is 1. The Morgan fingerprint density at radius 2 is 1.72 bits per heavy atom. The maximum absolute atomic E-state index is 12.5. The number of aryl methyl sites for hydroxylation is 1. The molecule has 0 bridgehead atoms. The number of halogens is 1. The maximum Gasteiger partial charge on any atom is 0.340 e. The molecule has 0 spiro atoms. The Balaban J connectivity index is 0.00000156. The Labute approximate surface area is 157 Å². The Hall–Kier alpha value is -1.95. The van der Waals surface area contributed by atoms with Gasteiger partial charge < -0.3 is 14.8 Å². The van der Waals surface area contributed by atoms with Crippen LogP contribution in [0.4, 0.5) is 0 Å². The standard InChI is InChI=1S/C19H19NO2S.ClH.H2O/c1-3-22-19(21)18-15-11-7-8-12-16(15)20(2)17(18)13-23-14-9-5-4-6-10-14;;/h4-12H,3,13H2,1-2H3;1H;1H2. The molecule has 0 aliphatic heterocycles. The summed E-state index contributed by atoms with van der Waals surface area (Å²) in [6, 6.07) is 18.2. The highest BCUT2D eigenvalue weighted by Crippen LogP contribution is 2.31. The van der Waals surface area contributed by atoms with Crippen molar-refractivity contribution in [3.8, 4) is 0 Å². The van der Waals surface area contributed by atoms with Gasteiger partial charge in [-0.05, 0) is 25.1 Å². The number of benzene rings is 2. The molecule has 0 fully saturated rings. The zero-order valence-electron chi connectivity index (χ0n) is 14.2. The first kappa shape index (κ1) is 21.1. The van der Waals surface area contributed by atoms with Crippen molar-refractivity contribution in [2.75, 3.05) is 6.61 Å². The van der Waals surface area contributed by atoms with Crippen LogP contribution in [-0.4, -0.2) is 22.6 Å². The Morgan fingerprint density at radius 3 is 2.40 bits per heavy atom. The van der Waals surface area contributed by atoms with E-state index >= 15 is 0 Å². The van der Waals surface area contributed by atoms with Gasteiger partial charge in [-0.15, -0.1) is 24.2 Å². The molecule has 134 valence electrons. The number of fused-ring (bicyclic) bond motifs is 1. The van der Waals surface area contributed by atoms with Gasteiger partial charge in [0, 0.05) is 34.3 Å². The minimum absolute atomic E-state index is 0. The van der Waals surface area contributed by atoms with Gasteiger partial charge in [0.1, 0.15) is 0 Å². The number of rotatable bonds is 5. The molecule has 25 heavy (non-hydrogen) atoms. The van der Waals surface area contributed by atoms with E-state index in [0.29, 0.717) is 12.2 Å². The van der Waals surface area contributed by atoms with Crippen molar-refractivity contribution in [1.82, 2.24) is 4.57 Å². The van der Waals surface area contributed by atoms with Crippen LogP contribution >= 0.6 is 24.2 Å². The first-order chi connectivity index (χ1) is 11.2. The molecular weight excluding hydrogens is 358 g/mol. The molecule has 3 rings (SSSR count). The molecule has 3 aromatic rings. The number of esters is 1. The van der Waals surface area contributed by atoms with Crippen LogP contribution < -0.4 is 0 Å². The molecule has 2 N–H and O–H groups in total. The highest BCUT2D eigenvalue weighted by atomic mass is 35.5. The zero-order valence-corrected chi connectivity index (χ0v) is 15.8. The molecule has 0 unspecified atom stereocenters. The average molecular weight is 380 g/mol. The van der Waals surface area contributed by atoms with Crippen molar-refractivity contribution < 1.29 is 15.0 Å². The van der Waals surface area contributed by atoms with E-state index in [0.717, 1.165) is 22.3 Å². The van der Waals surface area contributed by atoms with Crippen LogP contribution in [0, 0.1) is 0 Å². The molecule has 0 saturated carbocycles. The van der Waals surface area contributed by atoms with Gasteiger partial charge in [0.25, 0.3) is 0 Å². The van der Waals surface area contributed by atoms with Crippen LogP contribution in [0.15, 0.2) is 59.5 Å². The summed E-state index contributed by atoms with van der Waals surface area (Å²) < 4.78 is 7.38. The predicted molar refractivity (Wildman–Crippen MR) is 106 cm³/mol. The number of thioether (sulfide) groups is 1. The van der Waals surface area contributed by atoms with Gasteiger partial charge in [-0.2, -0.15) is 0 Å². The van der Waals surface area contributed by atoms with Crippen molar-refractivity contribution in [1.29, 1.82) is 0 Å². The van der Waals surface area contributed by atoms with Gasteiger partial charge in [0.2, 0.25) is 0 Å². The van der Waals surface area contributed by atoms with E-state index in [2.05, 4.69) is 16.7 Å². The first-order valence-electron chi connectivity index (χ1n) is 7.63. The number of hydrogen-bond acceptors (Lipinski definition) is 3. The van der Waals surface area contributed by atoms with Crippen molar-refractivity contribution >= 4 is 41.0 Å². The van der Waals surface area contributed by atoms with Gasteiger partial charge in [-0.25, -0.2) is 4.79 Å². The van der Waals surface area contributed by atoms with Crippen LogP contribution in [0.1, 0.15) is 23.0 Å². The molecule has 0 radical (unpaired) electrons. The summed E-state index contributed by atoms with van der Waals surface area (Å²) in [5.74, 6) is 0.483. The number of hydrogen-bond donors (Lipinski definition) is 0. The zero-order chi connectivity index (χ0) is 16.2. The SMILES string of the molecule is CCOC(=O)c1c(CSc2ccccc2)n(C)c2ccccc12.Cl.O. The van der Waals surface area contributed by atoms with Crippen LogP contribution in [0.5, 0.6) is 0 Å². The van der Waals surface area contributed by atoms with E-state index in [9.17, 15) is 4.79 Å². The topological polar surface area (TPSA) is 62.7 Å². The maximum atomic E-state index is 12.5. The Bertz CT molecular complexity index is 833. The van der Waals surface area contributed by atoms with E-state index in [1.54, 1.807) is 11.8 Å². The average Bonchev–Trinajstić information content (AvgIpc) is 2.87. The van der Waals surface area contributed by atoms with Gasteiger partial charge in [-0.1, -0.05) is 36.4 Å². The Kier molecular flexibility index (Phi) is 8.03. The van der Waals surface area contributed by atoms with Crippen molar-refractivity contribution in [3.05, 3.63) is 65.9 Å². The van der Waals surface area contributed by atoms with E-state index < -0.39 is 0 Å². The summed E-state index contributed by atoms with van der Waals surface area (Å²) in [6.45, 7) is 2.22. The second-order valence-corrected chi connectivity index (χ2v) is 6.27. The number of ether oxygens (including phenoxy) is 1. The summed E-state index contributed by atoms with van der Waals surface area (Å²) in [6.07, 6.45) is 0. The lowest BCUT2D eigenvalue weighted by molar-refractivity contribution is 0.0527. The second-order valence-electron chi connectivity index (χ2n) is 5.22. The van der Waals surface area contributed by atoms with Crippen molar-refractivity contribution in [3.63, 3.8) is 0 Å². The molecule has 4 nitrogen and oxygen atoms in total. The third-order valence-corrected chi connectivity index (χ3v) is 4.85. The van der Waals surface area contributed by atoms with Gasteiger partial charge in [-0.3, -0.25) is 0 Å². The summed E-state index contributed by atoms with van der Waals surface area (Å²) in [4.78, 5) is 13.6. The van der Waals surface area contributed by atoms with E-state index in [-0.39, 0.29) is 23.9 Å². The molecule has 2 aromatic carbocycles. The van der Waals surface area contributed by atoms with E-state index in [4.69, 9.17) is 4.74 Å². The van der Waals surface area contributed by atoms with Crippen molar-refractivity contribution in [2.24, 2.45) is 7.05 Å². The van der Waals surface area contributed by atoms with E-state index in [1.165, 1.54) is 4.90 Å². The predicted octanol–water partition coefficient (Wildman–Crippen LogP) is 4.24. The summed E-state index contributed by atoms with van der Waals surface area (Å²) in [7, 11) is 2.01.